The van der Waals surface area contributed by atoms with Gasteiger partial charge < -0.3 is 32.5 Å². The van der Waals surface area contributed by atoms with E-state index in [1.54, 1.807) is 24.3 Å². The molecule has 2 aliphatic heterocycles. The largest absolute Gasteiger partial charge is 0.507 e. The second kappa shape index (κ2) is 8.45. The monoisotopic (exact) mass is 473 g/mol. The Morgan fingerprint density at radius 3 is 2.54 bits per heavy atom. The Labute approximate surface area is 206 Å². The fourth-order valence-electron chi connectivity index (χ4n) is 7.07. The van der Waals surface area contributed by atoms with E-state index in [1.165, 1.54) is 12.0 Å². The van der Waals surface area contributed by atoms with Crippen molar-refractivity contribution in [3.8, 4) is 5.75 Å². The van der Waals surface area contributed by atoms with Crippen LogP contribution in [0.25, 0.3) is 5.70 Å². The van der Waals surface area contributed by atoms with E-state index in [0.717, 1.165) is 57.0 Å². The summed E-state index contributed by atoms with van der Waals surface area (Å²) in [5, 5.41) is 13.6. The molecule has 4 atom stereocenters. The number of aromatic hydroxyl groups is 1. The van der Waals surface area contributed by atoms with Gasteiger partial charge in [0.2, 0.25) is 0 Å². The van der Waals surface area contributed by atoms with E-state index in [2.05, 4.69) is 22.6 Å². The maximum absolute atomic E-state index is 10.2. The minimum atomic E-state index is 0.0947. The molecule has 3 heterocycles. The first kappa shape index (κ1) is 22.2. The molecule has 4 unspecified atom stereocenters. The number of nitrogens with one attached hydrogen (secondary N) is 1. The van der Waals surface area contributed by atoms with Gasteiger partial charge in [0.05, 0.1) is 5.70 Å². The lowest BCUT2D eigenvalue weighted by molar-refractivity contribution is 0.196. The lowest BCUT2D eigenvalue weighted by Gasteiger charge is -2.37. The van der Waals surface area contributed by atoms with Crippen LogP contribution in [0.15, 0.2) is 54.3 Å². The molecular weight excluding hydrogens is 438 g/mol. The zero-order chi connectivity index (χ0) is 24.2. The first-order valence-corrected chi connectivity index (χ1v) is 12.8. The summed E-state index contributed by atoms with van der Waals surface area (Å²) in [6.07, 6.45) is 10.5. The van der Waals surface area contributed by atoms with Crippen molar-refractivity contribution in [1.29, 1.82) is 0 Å². The number of aromatic nitrogens is 2. The summed E-state index contributed by atoms with van der Waals surface area (Å²) in [5.74, 6) is 3.79. The van der Waals surface area contributed by atoms with Crippen molar-refractivity contribution in [2.45, 2.75) is 37.0 Å². The van der Waals surface area contributed by atoms with Crippen LogP contribution in [0.5, 0.6) is 5.75 Å². The van der Waals surface area contributed by atoms with Gasteiger partial charge in [-0.05, 0) is 86.2 Å². The lowest BCUT2D eigenvalue weighted by atomic mass is 9.72. The first-order chi connectivity index (χ1) is 17.0. The van der Waals surface area contributed by atoms with E-state index >= 15 is 0 Å². The smallest absolute Gasteiger partial charge is 0.135 e. The Bertz CT molecular complexity index is 1170. The van der Waals surface area contributed by atoms with Gasteiger partial charge in [0.15, 0.2) is 0 Å². The Morgan fingerprint density at radius 1 is 1.09 bits per heavy atom. The predicted octanol–water partition coefficient (Wildman–Crippen LogP) is 1.94. The number of piperidine rings is 1. The van der Waals surface area contributed by atoms with E-state index < -0.39 is 0 Å². The number of hydrogen-bond donors (Lipinski definition) is 5. The second-order valence-corrected chi connectivity index (χ2v) is 10.7. The molecule has 2 saturated carbocycles. The fraction of sp³-hybridized carbons (Fsp3) is 0.481. The summed E-state index contributed by atoms with van der Waals surface area (Å²) >= 11 is 0. The Kier molecular flexibility index (Phi) is 5.36. The number of para-hydroxylation sites is 1. The van der Waals surface area contributed by atoms with Crippen LogP contribution >= 0.6 is 0 Å². The molecule has 8 N–H and O–H groups in total. The minimum absolute atomic E-state index is 0.0947. The fourth-order valence-corrected chi connectivity index (χ4v) is 7.07. The molecule has 1 aromatic carbocycles. The Hall–Kier alpha value is -3.26. The molecule has 1 aromatic heterocycles. The highest BCUT2D eigenvalue weighted by atomic mass is 16.3. The van der Waals surface area contributed by atoms with Gasteiger partial charge in [-0.15, -0.1) is 0 Å². The highest BCUT2D eigenvalue weighted by molar-refractivity contribution is 5.70. The normalized spacial score (nSPS) is 30.1. The molecule has 8 heteroatoms. The topological polar surface area (TPSA) is 139 Å². The van der Waals surface area contributed by atoms with Crippen molar-refractivity contribution < 1.29 is 5.11 Å². The molecule has 4 fully saturated rings. The summed E-state index contributed by atoms with van der Waals surface area (Å²) in [6.45, 7) is 3.89. The number of allylic oxidation sites excluding steroid dienone is 1. The molecule has 8 nitrogen and oxygen atoms in total. The van der Waals surface area contributed by atoms with Crippen LogP contribution in [-0.4, -0.2) is 46.2 Å². The molecule has 2 aliphatic carbocycles. The van der Waals surface area contributed by atoms with Gasteiger partial charge in [-0.2, -0.15) is 0 Å². The van der Waals surface area contributed by atoms with Crippen LogP contribution in [0, 0.1) is 17.8 Å². The number of hydrogen-bond acceptors (Lipinski definition) is 8. The Balaban J connectivity index is 1.22. The van der Waals surface area contributed by atoms with Gasteiger partial charge in [0.25, 0.3) is 0 Å². The highest BCUT2D eigenvalue weighted by Gasteiger charge is 2.77. The van der Waals surface area contributed by atoms with Gasteiger partial charge in [-0.25, -0.2) is 9.97 Å². The van der Waals surface area contributed by atoms with Gasteiger partial charge in [0, 0.05) is 42.2 Å². The average Bonchev–Trinajstić information content (AvgIpc) is 3.43. The maximum Gasteiger partial charge on any atom is 0.135 e. The third kappa shape index (κ3) is 3.62. The number of nitrogens with zero attached hydrogens (tertiary/aromatic N) is 3. The minimum Gasteiger partial charge on any atom is -0.507 e. The summed E-state index contributed by atoms with van der Waals surface area (Å²) in [4.78, 5) is 12.1. The first-order valence-electron chi connectivity index (χ1n) is 12.8. The van der Waals surface area contributed by atoms with Crippen molar-refractivity contribution >= 4 is 5.70 Å². The Morgan fingerprint density at radius 2 is 1.83 bits per heavy atom. The maximum atomic E-state index is 10.2. The van der Waals surface area contributed by atoms with Crippen molar-refractivity contribution in [3.05, 3.63) is 71.2 Å². The molecule has 2 saturated heterocycles. The number of phenols is 1. The zero-order valence-electron chi connectivity index (χ0n) is 20.0. The summed E-state index contributed by atoms with van der Waals surface area (Å²) < 4.78 is 0. The van der Waals surface area contributed by atoms with Crippen LogP contribution in [-0.2, 0) is 5.41 Å². The molecule has 0 bridgehead atoms. The molecule has 6 rings (SSSR count). The third-order valence-corrected chi connectivity index (χ3v) is 8.92. The number of benzene rings is 1. The number of nitrogens with two attached hydrogens (primary N) is 3. The molecule has 0 spiro atoms. The van der Waals surface area contributed by atoms with Gasteiger partial charge in [-0.3, -0.25) is 0 Å². The standard InChI is InChI=1S/C27H35N7O/c28-21(19-3-1-2-4-23(19)35)11-22(25(29)30)34-10-7-17-12-27(20(15-34)24(17)27)26-32-13-18(14-33-26)16-5-8-31-9-6-16/h1-4,11,13-14,16-17,20,24,31,35H,5-10,12,15,28-30H2/b21-11-. The number of rotatable bonds is 5. The third-order valence-electron chi connectivity index (χ3n) is 8.92. The van der Waals surface area contributed by atoms with Crippen molar-refractivity contribution in [1.82, 2.24) is 20.2 Å². The van der Waals surface area contributed by atoms with E-state index in [-0.39, 0.29) is 17.0 Å². The van der Waals surface area contributed by atoms with Crippen LogP contribution in [0.2, 0.25) is 0 Å². The van der Waals surface area contributed by atoms with Gasteiger partial charge in [-0.1, -0.05) is 12.1 Å². The number of likely N-dealkylation sites (tertiary alicyclic amines) is 1. The summed E-state index contributed by atoms with van der Waals surface area (Å²) in [7, 11) is 0. The van der Waals surface area contributed by atoms with Crippen molar-refractivity contribution in [2.75, 3.05) is 26.2 Å². The van der Waals surface area contributed by atoms with E-state index in [1.807, 2.05) is 6.07 Å². The van der Waals surface area contributed by atoms with Gasteiger partial charge >= 0.3 is 0 Å². The van der Waals surface area contributed by atoms with E-state index in [9.17, 15) is 5.11 Å². The molecule has 0 amide bonds. The van der Waals surface area contributed by atoms with Crippen LogP contribution in [0.3, 0.4) is 0 Å². The van der Waals surface area contributed by atoms with E-state index in [4.69, 9.17) is 27.2 Å². The lowest BCUT2D eigenvalue weighted by Crippen LogP contribution is -2.38. The van der Waals surface area contributed by atoms with Crippen LogP contribution < -0.4 is 22.5 Å². The number of phenolic OH excluding ortho intramolecular Hbond substituents is 1. The highest BCUT2D eigenvalue weighted by Crippen LogP contribution is 2.76. The molecule has 35 heavy (non-hydrogen) atoms. The predicted molar refractivity (Wildman–Crippen MR) is 136 cm³/mol. The number of fused-ring (bicyclic) bond motifs is 1. The average molecular weight is 474 g/mol. The van der Waals surface area contributed by atoms with Crippen molar-refractivity contribution in [3.63, 3.8) is 0 Å². The van der Waals surface area contributed by atoms with Crippen molar-refractivity contribution in [2.24, 2.45) is 35.0 Å². The van der Waals surface area contributed by atoms with E-state index in [0.29, 0.717) is 34.9 Å². The molecular formula is C27H35N7O. The van der Waals surface area contributed by atoms with Crippen LogP contribution in [0.4, 0.5) is 0 Å². The quantitative estimate of drug-likeness (QED) is 0.415. The van der Waals surface area contributed by atoms with Gasteiger partial charge in [0.1, 0.15) is 17.4 Å². The molecule has 0 radical (unpaired) electrons. The zero-order valence-corrected chi connectivity index (χ0v) is 20.0. The molecule has 2 aromatic rings. The van der Waals surface area contributed by atoms with Crippen LogP contribution in [0.1, 0.15) is 48.6 Å². The SMILES string of the molecule is NC(N)=C(/C=C(\N)c1ccccc1O)N1CCC2CC3(c4ncc(C5CCNCC5)cn4)C(C1)C23. The second-order valence-electron chi connectivity index (χ2n) is 10.7. The summed E-state index contributed by atoms with van der Waals surface area (Å²) in [6, 6.07) is 7.04. The molecule has 4 aliphatic rings. The molecule has 184 valence electrons. The summed E-state index contributed by atoms with van der Waals surface area (Å²) in [5.41, 5.74) is 21.8.